The number of nitrogens with zero attached hydrogens (tertiary/aromatic N) is 2. The second-order valence-electron chi connectivity index (χ2n) is 6.09. The zero-order chi connectivity index (χ0) is 17.5. The third-order valence-electron chi connectivity index (χ3n) is 4.49. The quantitative estimate of drug-likeness (QED) is 0.786. The minimum Gasteiger partial charge on any atom is -0.308 e. The van der Waals surface area contributed by atoms with E-state index in [-0.39, 0.29) is 5.82 Å². The smallest absolute Gasteiger partial charge is 0.268 e. The Kier molecular flexibility index (Phi) is 3.42. The van der Waals surface area contributed by atoms with Crippen LogP contribution in [0.5, 0.6) is 0 Å². The molecule has 0 aliphatic heterocycles. The van der Waals surface area contributed by atoms with Gasteiger partial charge in [-0.3, -0.25) is 4.79 Å². The van der Waals surface area contributed by atoms with Crippen molar-refractivity contribution in [2.24, 2.45) is 0 Å². The zero-order valence-corrected chi connectivity index (χ0v) is 13.2. The summed E-state index contributed by atoms with van der Waals surface area (Å²) in [6, 6.07) is 19.1. The van der Waals surface area contributed by atoms with Crippen molar-refractivity contribution in [3.05, 3.63) is 78.5 Å². The summed E-state index contributed by atoms with van der Waals surface area (Å²) in [5.41, 5.74) is -0.678. The average Bonchev–Trinajstić information content (AvgIpc) is 2.98. The highest BCUT2D eigenvalue weighted by molar-refractivity contribution is 6.02. The molecule has 25 heavy (non-hydrogen) atoms. The van der Waals surface area contributed by atoms with E-state index in [9.17, 15) is 13.6 Å². The van der Waals surface area contributed by atoms with Crippen molar-refractivity contribution in [3.63, 3.8) is 0 Å². The maximum atomic E-state index is 14.1. The molecule has 2 aromatic carbocycles. The molecule has 1 atom stereocenters. The van der Waals surface area contributed by atoms with Crippen LogP contribution < -0.4 is 5.32 Å². The van der Waals surface area contributed by atoms with E-state index < -0.39 is 23.7 Å². The molecule has 3 aromatic rings. The van der Waals surface area contributed by atoms with E-state index in [1.807, 2.05) is 30.3 Å². The van der Waals surface area contributed by atoms with Crippen molar-refractivity contribution in [2.45, 2.75) is 17.8 Å². The molecule has 1 amide bonds. The van der Waals surface area contributed by atoms with Crippen molar-refractivity contribution >= 4 is 11.7 Å². The highest BCUT2D eigenvalue weighted by atomic mass is 19.3. The van der Waals surface area contributed by atoms with Gasteiger partial charge in [0.25, 0.3) is 5.92 Å². The summed E-state index contributed by atoms with van der Waals surface area (Å²) in [5, 5.41) is 6.78. The van der Waals surface area contributed by atoms with Crippen LogP contribution in [0.15, 0.2) is 72.9 Å². The van der Waals surface area contributed by atoms with Crippen molar-refractivity contribution in [1.29, 1.82) is 0 Å². The van der Waals surface area contributed by atoms with Crippen LogP contribution in [0.2, 0.25) is 0 Å². The summed E-state index contributed by atoms with van der Waals surface area (Å²) in [7, 11) is 0. The molecular weight excluding hydrogens is 324 g/mol. The van der Waals surface area contributed by atoms with Crippen LogP contribution >= 0.6 is 0 Å². The molecule has 1 aliphatic rings. The van der Waals surface area contributed by atoms with Crippen molar-refractivity contribution in [3.8, 4) is 5.69 Å². The number of nitrogens with one attached hydrogen (secondary N) is 1. The number of hydrogen-bond donors (Lipinski definition) is 1. The second-order valence-corrected chi connectivity index (χ2v) is 6.09. The lowest BCUT2D eigenvalue weighted by Gasteiger charge is -2.15. The summed E-state index contributed by atoms with van der Waals surface area (Å²) in [6.07, 6.45) is 1.18. The summed E-state index contributed by atoms with van der Waals surface area (Å²) in [6.45, 7) is 0. The number of para-hydroxylation sites is 1. The first kappa shape index (κ1) is 15.5. The number of hydrogen-bond acceptors (Lipinski definition) is 2. The SMILES string of the molecule is O=C(Nc1ccn(-c2ccccc2)n1)C1(c2ccccc2)CC1(F)F. The first-order valence-corrected chi connectivity index (χ1v) is 7.89. The Bertz CT molecular complexity index is 909. The lowest BCUT2D eigenvalue weighted by Crippen LogP contribution is -2.33. The zero-order valence-electron chi connectivity index (χ0n) is 13.2. The lowest BCUT2D eigenvalue weighted by atomic mass is 9.94. The van der Waals surface area contributed by atoms with Gasteiger partial charge < -0.3 is 5.32 Å². The van der Waals surface area contributed by atoms with Gasteiger partial charge in [0, 0.05) is 18.7 Å². The Morgan fingerprint density at radius 2 is 1.60 bits per heavy atom. The van der Waals surface area contributed by atoms with Crippen molar-refractivity contribution < 1.29 is 13.6 Å². The number of carbonyl (C=O) groups is 1. The van der Waals surface area contributed by atoms with Gasteiger partial charge in [0.15, 0.2) is 5.82 Å². The maximum absolute atomic E-state index is 14.1. The first-order chi connectivity index (χ1) is 12.0. The predicted octanol–water partition coefficient (Wildman–Crippen LogP) is 3.79. The molecule has 1 unspecified atom stereocenters. The van der Waals surface area contributed by atoms with E-state index in [4.69, 9.17) is 0 Å². The van der Waals surface area contributed by atoms with Crippen LogP contribution in [0.25, 0.3) is 5.69 Å². The van der Waals surface area contributed by atoms with Crippen LogP contribution in [0.1, 0.15) is 12.0 Å². The van der Waals surface area contributed by atoms with Crippen LogP contribution in [-0.4, -0.2) is 21.6 Å². The minimum atomic E-state index is -3.06. The molecule has 1 fully saturated rings. The Morgan fingerprint density at radius 1 is 1.00 bits per heavy atom. The number of benzene rings is 2. The fraction of sp³-hybridized carbons (Fsp3) is 0.158. The van der Waals surface area contributed by atoms with Gasteiger partial charge in [0.2, 0.25) is 5.91 Å². The summed E-state index contributed by atoms with van der Waals surface area (Å²) >= 11 is 0. The summed E-state index contributed by atoms with van der Waals surface area (Å²) in [4.78, 5) is 12.6. The molecule has 1 N–H and O–H groups in total. The lowest BCUT2D eigenvalue weighted by molar-refractivity contribution is -0.121. The molecular formula is C19H15F2N3O. The fourth-order valence-corrected chi connectivity index (χ4v) is 3.04. The number of halogens is 2. The van der Waals surface area contributed by atoms with E-state index >= 15 is 0 Å². The Morgan fingerprint density at radius 3 is 2.20 bits per heavy atom. The monoisotopic (exact) mass is 339 g/mol. The fourth-order valence-electron chi connectivity index (χ4n) is 3.04. The third kappa shape index (κ3) is 2.50. The van der Waals surface area contributed by atoms with Crippen molar-refractivity contribution in [2.75, 3.05) is 5.32 Å². The van der Waals surface area contributed by atoms with Gasteiger partial charge in [-0.25, -0.2) is 13.5 Å². The van der Waals surface area contributed by atoms with Crippen molar-refractivity contribution in [1.82, 2.24) is 9.78 Å². The van der Waals surface area contributed by atoms with Gasteiger partial charge in [-0.2, -0.15) is 5.10 Å². The van der Waals surface area contributed by atoms with Crippen LogP contribution in [0, 0.1) is 0 Å². The van der Waals surface area contributed by atoms with Crippen LogP contribution in [-0.2, 0) is 10.2 Å². The number of amides is 1. The first-order valence-electron chi connectivity index (χ1n) is 7.89. The van der Waals surface area contributed by atoms with Gasteiger partial charge in [-0.05, 0) is 17.7 Å². The molecule has 0 saturated heterocycles. The van der Waals surface area contributed by atoms with Crippen LogP contribution in [0.4, 0.5) is 14.6 Å². The molecule has 1 saturated carbocycles. The third-order valence-corrected chi connectivity index (χ3v) is 4.49. The highest BCUT2D eigenvalue weighted by Crippen LogP contribution is 2.62. The Hall–Kier alpha value is -3.02. The Labute approximate surface area is 143 Å². The van der Waals surface area contributed by atoms with Gasteiger partial charge in [-0.1, -0.05) is 48.5 Å². The molecule has 0 bridgehead atoms. The van der Waals surface area contributed by atoms with Gasteiger partial charge in [-0.15, -0.1) is 0 Å². The number of aromatic nitrogens is 2. The molecule has 6 heteroatoms. The van der Waals surface area contributed by atoms with E-state index in [0.29, 0.717) is 5.56 Å². The molecule has 4 rings (SSSR count). The molecule has 0 radical (unpaired) electrons. The normalized spacial score (nSPS) is 20.9. The molecule has 1 aliphatic carbocycles. The highest BCUT2D eigenvalue weighted by Gasteiger charge is 2.76. The number of carbonyl (C=O) groups excluding carboxylic acids is 1. The van der Waals surface area contributed by atoms with Gasteiger partial charge in [0.05, 0.1) is 5.69 Å². The standard InChI is InChI=1S/C19H15F2N3O/c20-19(21)13-18(19,14-7-3-1-4-8-14)17(25)22-16-11-12-24(23-16)15-9-5-2-6-10-15/h1-12H,13H2,(H,22,23,25). The van der Waals surface area contributed by atoms with E-state index in [2.05, 4.69) is 10.4 Å². The topological polar surface area (TPSA) is 46.9 Å². The largest absolute Gasteiger partial charge is 0.308 e. The minimum absolute atomic E-state index is 0.242. The van der Waals surface area contributed by atoms with E-state index in [0.717, 1.165) is 5.69 Å². The predicted molar refractivity (Wildman–Crippen MR) is 89.9 cm³/mol. The van der Waals surface area contributed by atoms with E-state index in [1.54, 1.807) is 47.3 Å². The average molecular weight is 339 g/mol. The second kappa shape index (κ2) is 5.51. The molecule has 126 valence electrons. The number of anilines is 1. The molecule has 1 heterocycles. The summed E-state index contributed by atoms with van der Waals surface area (Å²) < 4.78 is 29.7. The van der Waals surface area contributed by atoms with Gasteiger partial charge >= 0.3 is 0 Å². The number of alkyl halides is 2. The number of rotatable bonds is 4. The molecule has 0 spiro atoms. The molecule has 4 nitrogen and oxygen atoms in total. The van der Waals surface area contributed by atoms with Gasteiger partial charge in [0.1, 0.15) is 5.41 Å². The van der Waals surface area contributed by atoms with Crippen LogP contribution in [0.3, 0.4) is 0 Å². The summed E-state index contributed by atoms with van der Waals surface area (Å²) in [5.74, 6) is -3.55. The Balaban J connectivity index is 1.59. The molecule has 1 aromatic heterocycles. The van der Waals surface area contributed by atoms with E-state index in [1.165, 1.54) is 0 Å². The maximum Gasteiger partial charge on any atom is 0.268 e.